The van der Waals surface area contributed by atoms with Gasteiger partial charge in [-0.2, -0.15) is 0 Å². The Morgan fingerprint density at radius 3 is 2.89 bits per heavy atom. The van der Waals surface area contributed by atoms with Crippen LogP contribution in [0.4, 0.5) is 5.82 Å². The SMILES string of the molecule is Nc1ccc2[nH]c(Cc3cccc(Br)c3)nc2n1. The molecule has 3 aromatic rings. The highest BCUT2D eigenvalue weighted by molar-refractivity contribution is 9.10. The lowest BCUT2D eigenvalue weighted by Gasteiger charge is -1.98. The van der Waals surface area contributed by atoms with E-state index in [0.29, 0.717) is 11.5 Å². The number of hydrogen-bond acceptors (Lipinski definition) is 3. The molecule has 0 unspecified atom stereocenters. The molecular weight excluding hydrogens is 292 g/mol. The van der Waals surface area contributed by atoms with Crippen LogP contribution in [0.5, 0.6) is 0 Å². The third-order valence-electron chi connectivity index (χ3n) is 2.68. The molecule has 0 bridgehead atoms. The molecule has 0 radical (unpaired) electrons. The van der Waals surface area contributed by atoms with E-state index in [9.17, 15) is 0 Å². The van der Waals surface area contributed by atoms with Crippen LogP contribution < -0.4 is 5.73 Å². The molecule has 0 atom stereocenters. The van der Waals surface area contributed by atoms with Gasteiger partial charge in [0.15, 0.2) is 5.65 Å². The molecule has 3 N–H and O–H groups in total. The minimum atomic E-state index is 0.489. The van der Waals surface area contributed by atoms with Crippen molar-refractivity contribution < 1.29 is 0 Å². The minimum absolute atomic E-state index is 0.489. The number of halogens is 1. The fourth-order valence-electron chi connectivity index (χ4n) is 1.88. The van der Waals surface area contributed by atoms with Gasteiger partial charge in [-0.15, -0.1) is 0 Å². The third kappa shape index (κ3) is 2.22. The number of fused-ring (bicyclic) bond motifs is 1. The molecule has 5 heteroatoms. The maximum Gasteiger partial charge on any atom is 0.179 e. The zero-order chi connectivity index (χ0) is 12.5. The molecular formula is C13H11BrN4. The number of nitrogens with one attached hydrogen (secondary N) is 1. The van der Waals surface area contributed by atoms with Gasteiger partial charge in [-0.25, -0.2) is 9.97 Å². The van der Waals surface area contributed by atoms with Crippen molar-refractivity contribution in [2.24, 2.45) is 0 Å². The molecule has 3 rings (SSSR count). The average molecular weight is 303 g/mol. The third-order valence-corrected chi connectivity index (χ3v) is 3.17. The van der Waals surface area contributed by atoms with Crippen molar-refractivity contribution in [2.75, 3.05) is 5.73 Å². The summed E-state index contributed by atoms with van der Waals surface area (Å²) >= 11 is 3.46. The lowest BCUT2D eigenvalue weighted by molar-refractivity contribution is 1.03. The maximum absolute atomic E-state index is 5.63. The predicted octanol–water partition coefficient (Wildman–Crippen LogP) is 2.89. The molecule has 0 saturated carbocycles. The number of rotatable bonds is 2. The van der Waals surface area contributed by atoms with Crippen LogP contribution >= 0.6 is 15.9 Å². The van der Waals surface area contributed by atoms with E-state index in [0.717, 1.165) is 22.2 Å². The van der Waals surface area contributed by atoms with Gasteiger partial charge in [0.1, 0.15) is 11.6 Å². The smallest absolute Gasteiger partial charge is 0.179 e. The first-order chi connectivity index (χ1) is 8.70. The molecule has 0 saturated heterocycles. The van der Waals surface area contributed by atoms with Crippen LogP contribution in [0.3, 0.4) is 0 Å². The summed E-state index contributed by atoms with van der Waals surface area (Å²) in [5.74, 6) is 1.38. The summed E-state index contributed by atoms with van der Waals surface area (Å²) in [5, 5.41) is 0. The number of H-pyrrole nitrogens is 1. The van der Waals surface area contributed by atoms with Gasteiger partial charge in [0.05, 0.1) is 5.52 Å². The van der Waals surface area contributed by atoms with Gasteiger partial charge >= 0.3 is 0 Å². The second-order valence-corrected chi connectivity index (χ2v) is 5.01. The first kappa shape index (κ1) is 11.2. The molecule has 0 aliphatic carbocycles. The number of aromatic amines is 1. The van der Waals surface area contributed by atoms with Gasteiger partial charge in [0, 0.05) is 10.9 Å². The Labute approximate surface area is 112 Å². The molecule has 2 heterocycles. The van der Waals surface area contributed by atoms with Crippen LogP contribution in [-0.4, -0.2) is 15.0 Å². The predicted molar refractivity (Wildman–Crippen MR) is 75.2 cm³/mol. The van der Waals surface area contributed by atoms with E-state index in [1.165, 1.54) is 5.56 Å². The molecule has 0 spiro atoms. The Balaban J connectivity index is 1.95. The zero-order valence-corrected chi connectivity index (χ0v) is 11.1. The summed E-state index contributed by atoms with van der Waals surface area (Å²) in [6.45, 7) is 0. The van der Waals surface area contributed by atoms with Crippen molar-refractivity contribution in [1.82, 2.24) is 15.0 Å². The molecule has 18 heavy (non-hydrogen) atoms. The Morgan fingerprint density at radius 2 is 2.06 bits per heavy atom. The minimum Gasteiger partial charge on any atom is -0.384 e. The number of aromatic nitrogens is 3. The summed E-state index contributed by atoms with van der Waals surface area (Å²) in [4.78, 5) is 11.9. The lowest BCUT2D eigenvalue weighted by atomic mass is 10.1. The van der Waals surface area contributed by atoms with E-state index in [1.807, 2.05) is 18.2 Å². The maximum atomic E-state index is 5.63. The molecule has 4 nitrogen and oxygen atoms in total. The largest absolute Gasteiger partial charge is 0.384 e. The molecule has 0 amide bonds. The van der Waals surface area contributed by atoms with Gasteiger partial charge < -0.3 is 10.7 Å². The Morgan fingerprint density at radius 1 is 1.17 bits per heavy atom. The van der Waals surface area contributed by atoms with Crippen molar-refractivity contribution in [3.8, 4) is 0 Å². The Hall–Kier alpha value is -1.88. The number of anilines is 1. The fraction of sp³-hybridized carbons (Fsp3) is 0.0769. The highest BCUT2D eigenvalue weighted by Gasteiger charge is 2.05. The Kier molecular flexibility index (Phi) is 2.76. The first-order valence-electron chi connectivity index (χ1n) is 5.56. The number of benzene rings is 1. The zero-order valence-electron chi connectivity index (χ0n) is 9.52. The van der Waals surface area contributed by atoms with E-state index < -0.39 is 0 Å². The summed E-state index contributed by atoms with van der Waals surface area (Å²) in [6.07, 6.45) is 0.746. The Bertz CT molecular complexity index is 705. The number of nitrogen functional groups attached to an aromatic ring is 1. The van der Waals surface area contributed by atoms with Crippen molar-refractivity contribution in [3.63, 3.8) is 0 Å². The average Bonchev–Trinajstić information content (AvgIpc) is 2.70. The monoisotopic (exact) mass is 302 g/mol. The summed E-state index contributed by atoms with van der Waals surface area (Å²) < 4.78 is 1.07. The fourth-order valence-corrected chi connectivity index (χ4v) is 2.33. The van der Waals surface area contributed by atoms with Crippen LogP contribution in [0.25, 0.3) is 11.2 Å². The molecule has 90 valence electrons. The topological polar surface area (TPSA) is 67.6 Å². The van der Waals surface area contributed by atoms with Gasteiger partial charge in [0.25, 0.3) is 0 Å². The van der Waals surface area contributed by atoms with Crippen LogP contribution in [0.15, 0.2) is 40.9 Å². The van der Waals surface area contributed by atoms with Gasteiger partial charge in [0.2, 0.25) is 0 Å². The van der Waals surface area contributed by atoms with Crippen LogP contribution in [0.2, 0.25) is 0 Å². The molecule has 2 aromatic heterocycles. The summed E-state index contributed by atoms with van der Waals surface area (Å²) in [7, 11) is 0. The number of nitrogens with two attached hydrogens (primary N) is 1. The van der Waals surface area contributed by atoms with E-state index in [1.54, 1.807) is 6.07 Å². The number of hydrogen-bond donors (Lipinski definition) is 2. The summed E-state index contributed by atoms with van der Waals surface area (Å²) in [5.41, 5.74) is 8.40. The van der Waals surface area contributed by atoms with E-state index >= 15 is 0 Å². The number of nitrogens with zero attached hydrogens (tertiary/aromatic N) is 2. The number of imidazole rings is 1. The van der Waals surface area contributed by atoms with E-state index in [-0.39, 0.29) is 0 Å². The summed E-state index contributed by atoms with van der Waals surface area (Å²) in [6, 6.07) is 11.8. The van der Waals surface area contributed by atoms with Gasteiger partial charge in [-0.3, -0.25) is 0 Å². The first-order valence-corrected chi connectivity index (χ1v) is 6.35. The molecule has 0 aliphatic rings. The second-order valence-electron chi connectivity index (χ2n) is 4.10. The van der Waals surface area contributed by atoms with Crippen molar-refractivity contribution >= 4 is 32.9 Å². The highest BCUT2D eigenvalue weighted by atomic mass is 79.9. The number of pyridine rings is 1. The van der Waals surface area contributed by atoms with Gasteiger partial charge in [-0.1, -0.05) is 28.1 Å². The lowest BCUT2D eigenvalue weighted by Crippen LogP contribution is -1.90. The second kappa shape index (κ2) is 4.42. The molecule has 0 aliphatic heterocycles. The highest BCUT2D eigenvalue weighted by Crippen LogP contribution is 2.16. The standard InChI is InChI=1S/C13H11BrN4/c14-9-3-1-2-8(6-9)7-12-16-10-4-5-11(15)17-13(10)18-12/h1-6H,7H2,(H3,15,16,17,18). The van der Waals surface area contributed by atoms with Crippen molar-refractivity contribution in [1.29, 1.82) is 0 Å². The van der Waals surface area contributed by atoms with Crippen LogP contribution in [-0.2, 0) is 6.42 Å². The van der Waals surface area contributed by atoms with Crippen LogP contribution in [0.1, 0.15) is 11.4 Å². The molecule has 0 fully saturated rings. The van der Waals surface area contributed by atoms with E-state index in [2.05, 4.69) is 43.0 Å². The quantitative estimate of drug-likeness (QED) is 0.765. The normalized spacial score (nSPS) is 10.9. The van der Waals surface area contributed by atoms with E-state index in [4.69, 9.17) is 5.73 Å². The van der Waals surface area contributed by atoms with Gasteiger partial charge in [-0.05, 0) is 29.8 Å². The van der Waals surface area contributed by atoms with Crippen molar-refractivity contribution in [3.05, 3.63) is 52.3 Å². The molecule has 1 aromatic carbocycles. The van der Waals surface area contributed by atoms with Crippen molar-refractivity contribution in [2.45, 2.75) is 6.42 Å². The van der Waals surface area contributed by atoms with Crippen LogP contribution in [0, 0.1) is 0 Å².